The van der Waals surface area contributed by atoms with Gasteiger partial charge in [0.25, 0.3) is 5.91 Å². The van der Waals surface area contributed by atoms with Gasteiger partial charge in [0.1, 0.15) is 23.1 Å². The Morgan fingerprint density at radius 1 is 0.980 bits per heavy atom. The van der Waals surface area contributed by atoms with Gasteiger partial charge in [-0.25, -0.2) is 17.7 Å². The molecule has 1 amide bonds. The van der Waals surface area contributed by atoms with Gasteiger partial charge < -0.3 is 13.6 Å². The largest absolute Gasteiger partial charge is 0.467 e. The SMILES string of the molecule is Cc1cccc(-n2c(SCC(=O)OCC(=O)N3N=C(c4cc5ccccc5o4)CC3c3ccco3)nnc2-c2cccc(S(=O)(=O)N(C)C)c2)c1. The number of hydrogen-bond acceptors (Lipinski definition) is 11. The molecule has 260 valence electrons. The van der Waals surface area contributed by atoms with E-state index in [0.717, 1.165) is 32.7 Å². The van der Waals surface area contributed by atoms with Crippen molar-refractivity contribution in [3.05, 3.63) is 114 Å². The average molecular weight is 725 g/mol. The summed E-state index contributed by atoms with van der Waals surface area (Å²) in [6.07, 6.45) is 1.88. The lowest BCUT2D eigenvalue weighted by Gasteiger charge is -2.19. The highest BCUT2D eigenvalue weighted by Gasteiger charge is 2.36. The maximum atomic E-state index is 13.4. The molecular formula is C36H32N6O7S2. The fraction of sp³-hybridized carbons (Fsp3) is 0.194. The van der Waals surface area contributed by atoms with Crippen molar-refractivity contribution in [2.45, 2.75) is 29.4 Å². The van der Waals surface area contributed by atoms with Gasteiger partial charge in [0.15, 0.2) is 23.3 Å². The number of hydrazone groups is 1. The Balaban J connectivity index is 1.08. The Morgan fingerprint density at radius 2 is 1.80 bits per heavy atom. The molecule has 0 saturated heterocycles. The number of nitrogens with zero attached hydrogens (tertiary/aromatic N) is 6. The zero-order valence-corrected chi connectivity index (χ0v) is 29.4. The van der Waals surface area contributed by atoms with Crippen molar-refractivity contribution < 1.29 is 31.6 Å². The maximum Gasteiger partial charge on any atom is 0.316 e. The Kier molecular flexibility index (Phi) is 9.33. The van der Waals surface area contributed by atoms with Crippen LogP contribution in [0.25, 0.3) is 28.0 Å². The van der Waals surface area contributed by atoms with Gasteiger partial charge in [0.2, 0.25) is 10.0 Å². The second-order valence-corrected chi connectivity index (χ2v) is 15.0. The lowest BCUT2D eigenvalue weighted by Crippen LogP contribution is -2.31. The summed E-state index contributed by atoms with van der Waals surface area (Å²) in [5.41, 5.74) is 3.49. The molecule has 0 radical (unpaired) electrons. The van der Waals surface area contributed by atoms with Crippen molar-refractivity contribution in [1.29, 1.82) is 0 Å². The van der Waals surface area contributed by atoms with Crippen LogP contribution in [-0.2, 0) is 24.3 Å². The number of carbonyl (C=O) groups is 2. The predicted molar refractivity (Wildman–Crippen MR) is 190 cm³/mol. The molecule has 1 unspecified atom stereocenters. The summed E-state index contributed by atoms with van der Waals surface area (Å²) in [6.45, 7) is 1.40. The third-order valence-electron chi connectivity index (χ3n) is 8.19. The Bertz CT molecular complexity index is 2350. The molecule has 0 aliphatic carbocycles. The molecule has 0 bridgehead atoms. The summed E-state index contributed by atoms with van der Waals surface area (Å²) >= 11 is 1.08. The molecule has 4 heterocycles. The number of amides is 1. The number of sulfonamides is 1. The van der Waals surface area contributed by atoms with Gasteiger partial charge in [-0.15, -0.1) is 10.2 Å². The highest BCUT2D eigenvalue weighted by molar-refractivity contribution is 7.99. The lowest BCUT2D eigenvalue weighted by atomic mass is 10.1. The van der Waals surface area contributed by atoms with Crippen molar-refractivity contribution in [3.8, 4) is 17.1 Å². The van der Waals surface area contributed by atoms with E-state index in [0.29, 0.717) is 45.8 Å². The maximum absolute atomic E-state index is 13.4. The Labute approximate surface area is 297 Å². The zero-order chi connectivity index (χ0) is 35.7. The third kappa shape index (κ3) is 6.95. The Hall–Kier alpha value is -5.51. The van der Waals surface area contributed by atoms with Crippen molar-refractivity contribution >= 4 is 50.3 Å². The number of esters is 1. The lowest BCUT2D eigenvalue weighted by molar-refractivity contribution is -0.150. The normalized spacial score (nSPS) is 14.7. The number of thioether (sulfide) groups is 1. The van der Waals surface area contributed by atoms with Crippen LogP contribution in [0.2, 0.25) is 0 Å². The van der Waals surface area contributed by atoms with Gasteiger partial charge in [-0.2, -0.15) is 5.10 Å². The minimum atomic E-state index is -3.70. The summed E-state index contributed by atoms with van der Waals surface area (Å²) in [7, 11) is -0.772. The molecule has 6 aromatic rings. The number of para-hydroxylation sites is 1. The van der Waals surface area contributed by atoms with E-state index in [4.69, 9.17) is 13.6 Å². The first-order valence-corrected chi connectivity index (χ1v) is 18.3. The number of benzene rings is 3. The number of ether oxygens (including phenoxy) is 1. The molecule has 0 spiro atoms. The molecule has 1 aliphatic heterocycles. The topological polar surface area (TPSA) is 153 Å². The average Bonchev–Trinajstić information content (AvgIpc) is 3.95. The van der Waals surface area contributed by atoms with Crippen LogP contribution in [0.5, 0.6) is 0 Å². The van der Waals surface area contributed by atoms with E-state index in [1.807, 2.05) is 61.5 Å². The van der Waals surface area contributed by atoms with Crippen LogP contribution in [0.4, 0.5) is 0 Å². The van der Waals surface area contributed by atoms with Crippen molar-refractivity contribution in [3.63, 3.8) is 0 Å². The smallest absolute Gasteiger partial charge is 0.316 e. The summed E-state index contributed by atoms with van der Waals surface area (Å²) in [4.78, 5) is 26.6. The molecule has 15 heteroatoms. The van der Waals surface area contributed by atoms with Gasteiger partial charge in [-0.1, -0.05) is 54.2 Å². The fourth-order valence-electron chi connectivity index (χ4n) is 5.65. The number of hydrogen-bond donors (Lipinski definition) is 0. The van der Waals surface area contributed by atoms with Crippen molar-refractivity contribution in [2.75, 3.05) is 26.5 Å². The monoisotopic (exact) mass is 724 g/mol. The van der Waals surface area contributed by atoms with E-state index in [9.17, 15) is 18.0 Å². The minimum absolute atomic E-state index is 0.104. The first-order chi connectivity index (χ1) is 24.6. The zero-order valence-electron chi connectivity index (χ0n) is 27.8. The van der Waals surface area contributed by atoms with E-state index in [1.54, 1.807) is 28.8 Å². The highest BCUT2D eigenvalue weighted by atomic mass is 32.2. The molecule has 0 fully saturated rings. The molecule has 1 atom stereocenters. The number of rotatable bonds is 11. The number of aryl methyl sites for hydroxylation is 1. The second-order valence-electron chi connectivity index (χ2n) is 11.9. The minimum Gasteiger partial charge on any atom is -0.467 e. The van der Waals surface area contributed by atoms with Crippen LogP contribution in [0.3, 0.4) is 0 Å². The van der Waals surface area contributed by atoms with Gasteiger partial charge in [-0.05, 0) is 61.0 Å². The molecule has 3 aromatic heterocycles. The van der Waals surface area contributed by atoms with E-state index in [-0.39, 0.29) is 10.6 Å². The van der Waals surface area contributed by atoms with Crippen LogP contribution in [0.1, 0.15) is 29.5 Å². The number of aromatic nitrogens is 3. The number of fused-ring (bicyclic) bond motifs is 1. The Morgan fingerprint density at radius 3 is 2.57 bits per heavy atom. The molecule has 51 heavy (non-hydrogen) atoms. The molecule has 0 saturated carbocycles. The molecular weight excluding hydrogens is 693 g/mol. The van der Waals surface area contributed by atoms with Gasteiger partial charge >= 0.3 is 5.97 Å². The highest BCUT2D eigenvalue weighted by Crippen LogP contribution is 2.35. The van der Waals surface area contributed by atoms with E-state index >= 15 is 0 Å². The quantitative estimate of drug-likeness (QED) is 0.118. The predicted octanol–water partition coefficient (Wildman–Crippen LogP) is 5.85. The van der Waals surface area contributed by atoms with E-state index in [2.05, 4.69) is 15.3 Å². The van der Waals surface area contributed by atoms with Crippen LogP contribution in [-0.4, -0.2) is 76.5 Å². The molecule has 3 aromatic carbocycles. The first kappa shape index (κ1) is 34.0. The summed E-state index contributed by atoms with van der Waals surface area (Å²) in [6, 6.07) is 26.5. The van der Waals surface area contributed by atoms with Crippen molar-refractivity contribution in [1.82, 2.24) is 24.1 Å². The summed E-state index contributed by atoms with van der Waals surface area (Å²) in [5.74, 6) is 0.109. The molecule has 0 N–H and O–H groups in total. The summed E-state index contributed by atoms with van der Waals surface area (Å²) in [5, 5.41) is 15.8. The standard InChI is InChI=1S/C36H32N6O7S2/c1-23-9-6-12-26(17-23)41-35(25-11-7-13-27(18-25)51(45,46)40(2)3)37-38-36(41)50-22-34(44)48-21-33(43)42-29(31-15-8-16-47-31)20-28(39-42)32-19-24-10-4-5-14-30(24)49-32/h4-19,29H,20-22H2,1-3H3. The van der Waals surface area contributed by atoms with Gasteiger partial charge in [-0.3, -0.25) is 14.2 Å². The fourth-order valence-corrected chi connectivity index (χ4v) is 7.34. The number of furan rings is 2. The number of carbonyl (C=O) groups excluding carboxylic acids is 2. The summed E-state index contributed by atoms with van der Waals surface area (Å²) < 4.78 is 45.7. The van der Waals surface area contributed by atoms with Crippen LogP contribution in [0, 0.1) is 6.92 Å². The van der Waals surface area contributed by atoms with Crippen molar-refractivity contribution in [2.24, 2.45) is 5.10 Å². The van der Waals surface area contributed by atoms with E-state index in [1.165, 1.54) is 37.5 Å². The second kappa shape index (κ2) is 14.0. The third-order valence-corrected chi connectivity index (χ3v) is 10.9. The van der Waals surface area contributed by atoms with Crippen LogP contribution >= 0.6 is 11.8 Å². The molecule has 13 nitrogen and oxygen atoms in total. The molecule has 7 rings (SSSR count). The molecule has 1 aliphatic rings. The van der Waals surface area contributed by atoms with E-state index < -0.39 is 34.5 Å². The first-order valence-electron chi connectivity index (χ1n) is 15.8. The van der Waals surface area contributed by atoms with Crippen LogP contribution < -0.4 is 0 Å². The van der Waals surface area contributed by atoms with Crippen LogP contribution in [0.15, 0.2) is 121 Å². The van der Waals surface area contributed by atoms with Gasteiger partial charge in [0, 0.05) is 37.2 Å². The van der Waals surface area contributed by atoms with Gasteiger partial charge in [0.05, 0.1) is 16.9 Å².